The standard InChI is InChI=1S/C10H15N3O2/c1-7-2-3-8(9(12)4-5-11)6-10(7)13(14)15/h2-3,6,9H,4-5,11-12H2,1H3/t9-/m0/s1. The Hall–Kier alpha value is -1.46. The second-order valence-corrected chi connectivity index (χ2v) is 3.49. The van der Waals surface area contributed by atoms with Crippen LogP contribution in [0.5, 0.6) is 0 Å². The molecule has 1 aromatic carbocycles. The van der Waals surface area contributed by atoms with E-state index in [-0.39, 0.29) is 11.7 Å². The molecule has 0 bridgehead atoms. The van der Waals surface area contributed by atoms with Gasteiger partial charge in [0.05, 0.1) is 4.92 Å². The Balaban J connectivity index is 3.02. The van der Waals surface area contributed by atoms with Crippen molar-refractivity contribution in [2.24, 2.45) is 11.5 Å². The normalized spacial score (nSPS) is 12.5. The molecular formula is C10H15N3O2. The number of nitro benzene ring substituents is 1. The fraction of sp³-hybridized carbons (Fsp3) is 0.400. The summed E-state index contributed by atoms with van der Waals surface area (Å²) in [6.07, 6.45) is 0.625. The van der Waals surface area contributed by atoms with Gasteiger partial charge >= 0.3 is 0 Å². The van der Waals surface area contributed by atoms with Crippen molar-refractivity contribution in [2.75, 3.05) is 6.54 Å². The van der Waals surface area contributed by atoms with Gasteiger partial charge < -0.3 is 11.5 Å². The van der Waals surface area contributed by atoms with E-state index in [1.54, 1.807) is 13.0 Å². The van der Waals surface area contributed by atoms with Gasteiger partial charge in [0.15, 0.2) is 0 Å². The molecule has 0 saturated carbocycles. The summed E-state index contributed by atoms with van der Waals surface area (Å²) in [5.41, 5.74) is 12.7. The van der Waals surface area contributed by atoms with Gasteiger partial charge in [0, 0.05) is 17.7 Å². The fourth-order valence-corrected chi connectivity index (χ4v) is 1.40. The Morgan fingerprint density at radius 2 is 2.20 bits per heavy atom. The molecule has 0 fully saturated rings. The van der Waals surface area contributed by atoms with Crippen molar-refractivity contribution in [1.29, 1.82) is 0 Å². The van der Waals surface area contributed by atoms with Crippen LogP contribution in [0.3, 0.4) is 0 Å². The van der Waals surface area contributed by atoms with Crippen LogP contribution in [0, 0.1) is 17.0 Å². The van der Waals surface area contributed by atoms with Crippen LogP contribution in [-0.2, 0) is 0 Å². The van der Waals surface area contributed by atoms with Gasteiger partial charge in [-0.15, -0.1) is 0 Å². The first-order valence-electron chi connectivity index (χ1n) is 4.77. The van der Waals surface area contributed by atoms with Crippen molar-refractivity contribution in [2.45, 2.75) is 19.4 Å². The average Bonchev–Trinajstić information content (AvgIpc) is 2.18. The fourth-order valence-electron chi connectivity index (χ4n) is 1.40. The van der Waals surface area contributed by atoms with Crippen LogP contribution in [-0.4, -0.2) is 11.5 Å². The molecule has 0 unspecified atom stereocenters. The van der Waals surface area contributed by atoms with E-state index >= 15 is 0 Å². The molecule has 0 aliphatic heterocycles. The highest BCUT2D eigenvalue weighted by molar-refractivity contribution is 5.43. The molecule has 15 heavy (non-hydrogen) atoms. The number of hydrogen-bond donors (Lipinski definition) is 2. The Labute approximate surface area is 88.2 Å². The zero-order valence-corrected chi connectivity index (χ0v) is 8.64. The van der Waals surface area contributed by atoms with E-state index in [4.69, 9.17) is 11.5 Å². The van der Waals surface area contributed by atoms with Crippen molar-refractivity contribution in [1.82, 2.24) is 0 Å². The quantitative estimate of drug-likeness (QED) is 0.576. The zero-order valence-electron chi connectivity index (χ0n) is 8.64. The monoisotopic (exact) mass is 209 g/mol. The minimum Gasteiger partial charge on any atom is -0.330 e. The Morgan fingerprint density at radius 3 is 2.73 bits per heavy atom. The summed E-state index contributed by atoms with van der Waals surface area (Å²) in [5.74, 6) is 0. The molecule has 1 atom stereocenters. The van der Waals surface area contributed by atoms with Crippen molar-refractivity contribution in [3.63, 3.8) is 0 Å². The first-order valence-corrected chi connectivity index (χ1v) is 4.77. The molecule has 1 aromatic rings. The van der Waals surface area contributed by atoms with Crippen molar-refractivity contribution in [3.05, 3.63) is 39.4 Å². The number of nitrogens with two attached hydrogens (primary N) is 2. The predicted molar refractivity (Wildman–Crippen MR) is 58.4 cm³/mol. The molecular weight excluding hydrogens is 194 g/mol. The smallest absolute Gasteiger partial charge is 0.272 e. The maximum atomic E-state index is 10.7. The SMILES string of the molecule is Cc1ccc([C@@H](N)CCN)cc1[N+](=O)[O-]. The van der Waals surface area contributed by atoms with E-state index in [0.717, 1.165) is 5.56 Å². The molecule has 82 valence electrons. The minimum atomic E-state index is -0.395. The Morgan fingerprint density at radius 1 is 1.53 bits per heavy atom. The predicted octanol–water partition coefficient (Wildman–Crippen LogP) is 1.25. The van der Waals surface area contributed by atoms with Gasteiger partial charge in [0.1, 0.15) is 0 Å². The Bertz CT molecular complexity index is 366. The van der Waals surface area contributed by atoms with Crippen LogP contribution in [0.2, 0.25) is 0 Å². The second-order valence-electron chi connectivity index (χ2n) is 3.49. The van der Waals surface area contributed by atoms with Crippen LogP contribution in [0.25, 0.3) is 0 Å². The largest absolute Gasteiger partial charge is 0.330 e. The number of rotatable bonds is 4. The van der Waals surface area contributed by atoms with E-state index < -0.39 is 4.92 Å². The van der Waals surface area contributed by atoms with Crippen LogP contribution >= 0.6 is 0 Å². The molecule has 0 aromatic heterocycles. The van der Waals surface area contributed by atoms with E-state index in [9.17, 15) is 10.1 Å². The highest BCUT2D eigenvalue weighted by Crippen LogP contribution is 2.23. The first-order chi connectivity index (χ1) is 7.06. The highest BCUT2D eigenvalue weighted by Gasteiger charge is 2.13. The van der Waals surface area contributed by atoms with Crippen LogP contribution in [0.4, 0.5) is 5.69 Å². The molecule has 1 rings (SSSR count). The van der Waals surface area contributed by atoms with Gasteiger partial charge in [-0.1, -0.05) is 12.1 Å². The summed E-state index contributed by atoms with van der Waals surface area (Å²) in [4.78, 5) is 10.3. The van der Waals surface area contributed by atoms with Gasteiger partial charge in [-0.25, -0.2) is 0 Å². The van der Waals surface area contributed by atoms with Gasteiger partial charge in [-0.05, 0) is 25.5 Å². The molecule has 0 saturated heterocycles. The lowest BCUT2D eigenvalue weighted by Gasteiger charge is -2.10. The summed E-state index contributed by atoms with van der Waals surface area (Å²) in [6, 6.07) is 4.82. The summed E-state index contributed by atoms with van der Waals surface area (Å²) in [6.45, 7) is 2.18. The zero-order chi connectivity index (χ0) is 11.4. The average molecular weight is 209 g/mol. The van der Waals surface area contributed by atoms with E-state index in [1.807, 2.05) is 6.07 Å². The van der Waals surface area contributed by atoms with Crippen molar-refractivity contribution >= 4 is 5.69 Å². The van der Waals surface area contributed by atoms with E-state index in [1.165, 1.54) is 6.07 Å². The summed E-state index contributed by atoms with van der Waals surface area (Å²) in [7, 11) is 0. The summed E-state index contributed by atoms with van der Waals surface area (Å²) >= 11 is 0. The molecule has 4 N–H and O–H groups in total. The van der Waals surface area contributed by atoms with Crippen LogP contribution in [0.1, 0.15) is 23.6 Å². The molecule has 0 heterocycles. The minimum absolute atomic E-state index is 0.111. The highest BCUT2D eigenvalue weighted by atomic mass is 16.6. The molecule has 5 heteroatoms. The topological polar surface area (TPSA) is 95.2 Å². The molecule has 0 amide bonds. The third-order valence-electron chi connectivity index (χ3n) is 2.34. The van der Waals surface area contributed by atoms with Crippen molar-refractivity contribution in [3.8, 4) is 0 Å². The first kappa shape index (κ1) is 11.6. The molecule has 5 nitrogen and oxygen atoms in total. The third-order valence-corrected chi connectivity index (χ3v) is 2.34. The third kappa shape index (κ3) is 2.74. The lowest BCUT2D eigenvalue weighted by atomic mass is 10.0. The van der Waals surface area contributed by atoms with Gasteiger partial charge in [-0.2, -0.15) is 0 Å². The lowest BCUT2D eigenvalue weighted by molar-refractivity contribution is -0.385. The Kier molecular flexibility index (Phi) is 3.76. The number of nitro groups is 1. The number of nitrogens with zero attached hydrogens (tertiary/aromatic N) is 1. The molecule has 0 radical (unpaired) electrons. The number of hydrogen-bond acceptors (Lipinski definition) is 4. The van der Waals surface area contributed by atoms with Crippen LogP contribution < -0.4 is 11.5 Å². The van der Waals surface area contributed by atoms with E-state index in [2.05, 4.69) is 0 Å². The van der Waals surface area contributed by atoms with Gasteiger partial charge in [-0.3, -0.25) is 10.1 Å². The van der Waals surface area contributed by atoms with Crippen molar-refractivity contribution < 1.29 is 4.92 Å². The molecule has 0 spiro atoms. The number of benzene rings is 1. The number of aryl methyl sites for hydroxylation is 1. The van der Waals surface area contributed by atoms with Gasteiger partial charge in [0.25, 0.3) is 5.69 Å². The summed E-state index contributed by atoms with van der Waals surface area (Å²) in [5, 5.41) is 10.7. The maximum Gasteiger partial charge on any atom is 0.272 e. The van der Waals surface area contributed by atoms with Gasteiger partial charge in [0.2, 0.25) is 0 Å². The molecule has 0 aliphatic rings. The van der Waals surface area contributed by atoms with Crippen LogP contribution in [0.15, 0.2) is 18.2 Å². The summed E-state index contributed by atoms with van der Waals surface area (Å²) < 4.78 is 0. The lowest BCUT2D eigenvalue weighted by Crippen LogP contribution is -2.15. The van der Waals surface area contributed by atoms with E-state index in [0.29, 0.717) is 18.5 Å². The maximum absolute atomic E-state index is 10.7. The second kappa shape index (κ2) is 4.86. The molecule has 0 aliphatic carbocycles.